The van der Waals surface area contributed by atoms with Crippen LogP contribution in [0.2, 0.25) is 5.02 Å². The standard InChI is InChI=1S/C21H16ClF3N4O5/c22-17-6-3-13(9-16(17)21(23,24)25)28-20(32)27-12-1-4-14(5-2-12)34-15-7-8-26-18(10-15)19(31)29(33)11-30/h1-10,30,33H,11H2,(H2,27,28,32). The first-order valence-electron chi connectivity index (χ1n) is 9.37. The predicted octanol–water partition coefficient (Wildman–Crippen LogP) is 4.97. The number of carbonyl (C=O) groups excluding carboxylic acids is 2. The Morgan fingerprint density at radius 3 is 2.29 bits per heavy atom. The monoisotopic (exact) mass is 496 g/mol. The van der Waals surface area contributed by atoms with Crippen LogP contribution in [0.1, 0.15) is 16.1 Å². The highest BCUT2D eigenvalue weighted by atomic mass is 35.5. The van der Waals surface area contributed by atoms with Gasteiger partial charge in [0.15, 0.2) is 0 Å². The summed E-state index contributed by atoms with van der Waals surface area (Å²) in [6.07, 6.45) is -3.39. The highest BCUT2D eigenvalue weighted by Crippen LogP contribution is 2.36. The van der Waals surface area contributed by atoms with E-state index < -0.39 is 35.4 Å². The van der Waals surface area contributed by atoms with Crippen molar-refractivity contribution in [3.05, 3.63) is 77.1 Å². The zero-order valence-corrected chi connectivity index (χ0v) is 17.8. The highest BCUT2D eigenvalue weighted by molar-refractivity contribution is 6.31. The number of benzene rings is 2. The fourth-order valence-corrected chi connectivity index (χ4v) is 2.87. The first kappa shape index (κ1) is 24.8. The molecule has 178 valence electrons. The lowest BCUT2D eigenvalue weighted by atomic mass is 10.2. The van der Waals surface area contributed by atoms with Crippen LogP contribution in [0.5, 0.6) is 11.5 Å². The number of hydrogen-bond acceptors (Lipinski definition) is 6. The minimum atomic E-state index is -4.67. The largest absolute Gasteiger partial charge is 0.457 e. The van der Waals surface area contributed by atoms with E-state index in [0.29, 0.717) is 11.4 Å². The van der Waals surface area contributed by atoms with Gasteiger partial charge in [-0.2, -0.15) is 18.2 Å². The molecule has 3 rings (SSSR count). The van der Waals surface area contributed by atoms with Gasteiger partial charge >= 0.3 is 12.2 Å². The molecule has 0 saturated heterocycles. The number of carbonyl (C=O) groups is 2. The molecule has 0 aliphatic rings. The second-order valence-corrected chi connectivity index (χ2v) is 7.03. The van der Waals surface area contributed by atoms with E-state index in [1.807, 2.05) is 0 Å². The van der Waals surface area contributed by atoms with Crippen LogP contribution >= 0.6 is 11.6 Å². The van der Waals surface area contributed by atoms with Crippen molar-refractivity contribution in [3.63, 3.8) is 0 Å². The number of nitrogens with one attached hydrogen (secondary N) is 2. The Labute approximate surface area is 195 Å². The van der Waals surface area contributed by atoms with E-state index in [1.54, 1.807) is 0 Å². The summed E-state index contributed by atoms with van der Waals surface area (Å²) in [7, 11) is 0. The highest BCUT2D eigenvalue weighted by Gasteiger charge is 2.33. The number of aromatic nitrogens is 1. The summed E-state index contributed by atoms with van der Waals surface area (Å²) in [6.45, 7) is -0.908. The number of anilines is 2. The average molecular weight is 497 g/mol. The van der Waals surface area contributed by atoms with Gasteiger partial charge < -0.3 is 20.5 Å². The summed E-state index contributed by atoms with van der Waals surface area (Å²) < 4.78 is 44.4. The first-order chi connectivity index (χ1) is 16.1. The maximum atomic E-state index is 13.0. The predicted molar refractivity (Wildman–Crippen MR) is 115 cm³/mol. The third-order valence-corrected chi connectivity index (χ3v) is 4.53. The number of urea groups is 1. The van der Waals surface area contributed by atoms with Crippen molar-refractivity contribution in [1.82, 2.24) is 10.0 Å². The van der Waals surface area contributed by atoms with Crippen LogP contribution in [-0.2, 0) is 6.18 Å². The molecule has 34 heavy (non-hydrogen) atoms. The number of rotatable bonds is 6. The van der Waals surface area contributed by atoms with Crippen LogP contribution < -0.4 is 15.4 Å². The molecule has 4 N–H and O–H groups in total. The van der Waals surface area contributed by atoms with Gasteiger partial charge in [-0.15, -0.1) is 0 Å². The van der Waals surface area contributed by atoms with E-state index in [-0.39, 0.29) is 22.2 Å². The molecule has 0 radical (unpaired) electrons. The molecule has 3 amide bonds. The number of aliphatic hydroxyl groups is 1. The molecule has 13 heteroatoms. The molecular formula is C21H16ClF3N4O5. The SMILES string of the molecule is O=C(Nc1ccc(Oc2ccnc(C(=O)N(O)CO)c2)cc1)Nc1ccc(Cl)c(C(F)(F)F)c1. The normalized spacial score (nSPS) is 11.0. The molecule has 0 aliphatic carbocycles. The van der Waals surface area contributed by atoms with Crippen LogP contribution in [0.15, 0.2) is 60.8 Å². The van der Waals surface area contributed by atoms with E-state index in [4.69, 9.17) is 21.4 Å². The van der Waals surface area contributed by atoms with Gasteiger partial charge in [-0.05, 0) is 48.5 Å². The third-order valence-electron chi connectivity index (χ3n) is 4.20. The minimum absolute atomic E-state index is 0.0750. The van der Waals surface area contributed by atoms with Crippen molar-refractivity contribution in [1.29, 1.82) is 0 Å². The Balaban J connectivity index is 1.62. The van der Waals surface area contributed by atoms with Crippen molar-refractivity contribution in [2.24, 2.45) is 0 Å². The number of hydrogen-bond donors (Lipinski definition) is 4. The lowest BCUT2D eigenvalue weighted by molar-refractivity contribution is -0.137. The van der Waals surface area contributed by atoms with Crippen molar-refractivity contribution in [3.8, 4) is 11.5 Å². The summed E-state index contributed by atoms with van der Waals surface area (Å²) in [6, 6.07) is 10.9. The smallest absolute Gasteiger partial charge is 0.417 e. The number of amides is 3. The number of alkyl halides is 3. The molecule has 1 aromatic heterocycles. The van der Waals surface area contributed by atoms with Crippen molar-refractivity contribution in [2.75, 3.05) is 17.4 Å². The number of nitrogens with zero attached hydrogens (tertiary/aromatic N) is 2. The topological polar surface area (TPSA) is 124 Å². The Morgan fingerprint density at radius 1 is 1.00 bits per heavy atom. The molecule has 3 aromatic rings. The van der Waals surface area contributed by atoms with Crippen molar-refractivity contribution in [2.45, 2.75) is 6.18 Å². The van der Waals surface area contributed by atoms with Gasteiger partial charge in [-0.3, -0.25) is 15.0 Å². The molecule has 0 bridgehead atoms. The minimum Gasteiger partial charge on any atom is -0.457 e. The third kappa shape index (κ3) is 6.34. The Kier molecular flexibility index (Phi) is 7.56. The van der Waals surface area contributed by atoms with Crippen LogP contribution in [0.4, 0.5) is 29.3 Å². The van der Waals surface area contributed by atoms with Crippen molar-refractivity contribution >= 4 is 34.9 Å². The van der Waals surface area contributed by atoms with Gasteiger partial charge in [0.1, 0.15) is 23.9 Å². The second-order valence-electron chi connectivity index (χ2n) is 6.62. The van der Waals surface area contributed by atoms with Crippen LogP contribution in [-0.4, -0.2) is 39.0 Å². The van der Waals surface area contributed by atoms with Gasteiger partial charge in [0, 0.05) is 23.6 Å². The Morgan fingerprint density at radius 2 is 1.65 bits per heavy atom. The number of ether oxygens (including phenoxy) is 1. The molecule has 0 spiro atoms. The first-order valence-corrected chi connectivity index (χ1v) is 9.75. The van der Waals surface area contributed by atoms with Gasteiger partial charge in [-0.25, -0.2) is 4.79 Å². The summed E-state index contributed by atoms with van der Waals surface area (Å²) in [4.78, 5) is 27.8. The van der Waals surface area contributed by atoms with Crippen LogP contribution in [0, 0.1) is 0 Å². The summed E-state index contributed by atoms with van der Waals surface area (Å²) in [5.41, 5.74) is -1.02. The summed E-state index contributed by atoms with van der Waals surface area (Å²) in [5, 5.41) is 22.4. The van der Waals surface area contributed by atoms with Gasteiger partial charge in [0.2, 0.25) is 0 Å². The number of aliphatic hydroxyl groups excluding tert-OH is 1. The Hall–Kier alpha value is -3.87. The molecule has 0 aliphatic heterocycles. The Bertz CT molecular complexity index is 1190. The molecule has 0 fully saturated rings. The molecule has 1 heterocycles. The molecule has 0 atom stereocenters. The van der Waals surface area contributed by atoms with Gasteiger partial charge in [0.05, 0.1) is 10.6 Å². The number of hydroxylamine groups is 2. The second kappa shape index (κ2) is 10.4. The zero-order chi connectivity index (χ0) is 24.9. The summed E-state index contributed by atoms with van der Waals surface area (Å²) >= 11 is 5.56. The van der Waals surface area contributed by atoms with Gasteiger partial charge in [0.25, 0.3) is 5.91 Å². The molecule has 0 saturated carbocycles. The molecule has 9 nitrogen and oxygen atoms in total. The number of halogens is 4. The average Bonchev–Trinajstić information content (AvgIpc) is 2.80. The van der Waals surface area contributed by atoms with Crippen molar-refractivity contribution < 1.29 is 37.8 Å². The molecule has 0 unspecified atom stereocenters. The van der Waals surface area contributed by atoms with Gasteiger partial charge in [-0.1, -0.05) is 11.6 Å². The molecular weight excluding hydrogens is 481 g/mol. The van der Waals surface area contributed by atoms with E-state index in [9.17, 15) is 28.0 Å². The number of pyridine rings is 1. The van der Waals surface area contributed by atoms with Crippen LogP contribution in [0.25, 0.3) is 0 Å². The fourth-order valence-electron chi connectivity index (χ4n) is 2.64. The lowest BCUT2D eigenvalue weighted by Crippen LogP contribution is -2.28. The molecule has 2 aromatic carbocycles. The fraction of sp³-hybridized carbons (Fsp3) is 0.0952. The zero-order valence-electron chi connectivity index (χ0n) is 17.0. The van der Waals surface area contributed by atoms with E-state index in [2.05, 4.69) is 15.6 Å². The van der Waals surface area contributed by atoms with Crippen LogP contribution in [0.3, 0.4) is 0 Å². The quantitative estimate of drug-likeness (QED) is 0.217. The summed E-state index contributed by atoms with van der Waals surface area (Å²) in [5.74, 6) is -0.390. The van der Waals surface area contributed by atoms with E-state index in [1.165, 1.54) is 48.7 Å². The van der Waals surface area contributed by atoms with E-state index >= 15 is 0 Å². The maximum Gasteiger partial charge on any atom is 0.417 e. The maximum absolute atomic E-state index is 13.0. The lowest BCUT2D eigenvalue weighted by Gasteiger charge is -2.13. The van der Waals surface area contributed by atoms with E-state index in [0.717, 1.165) is 12.1 Å².